The quantitative estimate of drug-likeness (QED) is 0.776. The molecule has 108 valence electrons. The van der Waals surface area contributed by atoms with Crippen LogP contribution in [0.5, 0.6) is 0 Å². The van der Waals surface area contributed by atoms with Gasteiger partial charge in [0.15, 0.2) is 0 Å². The van der Waals surface area contributed by atoms with Crippen LogP contribution in [0.4, 0.5) is 5.82 Å². The van der Waals surface area contributed by atoms with Crippen molar-refractivity contribution >= 4 is 33.6 Å². The molecule has 0 saturated carbocycles. The van der Waals surface area contributed by atoms with Crippen molar-refractivity contribution in [1.29, 1.82) is 0 Å². The highest BCUT2D eigenvalue weighted by atomic mass is 79.9. The summed E-state index contributed by atoms with van der Waals surface area (Å²) in [4.78, 5) is 29.6. The Kier molecular flexibility index (Phi) is 4.13. The lowest BCUT2D eigenvalue weighted by Gasteiger charge is -2.28. The predicted octanol–water partition coefficient (Wildman–Crippen LogP) is 2.47. The van der Waals surface area contributed by atoms with Crippen LogP contribution in [0, 0.1) is 0 Å². The van der Waals surface area contributed by atoms with E-state index in [2.05, 4.69) is 20.9 Å². The maximum absolute atomic E-state index is 12.0. The second kappa shape index (κ2) is 5.52. The largest absolute Gasteiger partial charge is 0.459 e. The predicted molar refractivity (Wildman–Crippen MR) is 78.5 cm³/mol. The normalized spacial score (nSPS) is 15.0. The molecule has 0 aliphatic carbocycles. The van der Waals surface area contributed by atoms with E-state index in [0.717, 1.165) is 10.0 Å². The van der Waals surface area contributed by atoms with Gasteiger partial charge in [0.1, 0.15) is 18.0 Å². The van der Waals surface area contributed by atoms with Crippen LogP contribution in [0.3, 0.4) is 0 Å². The van der Waals surface area contributed by atoms with Gasteiger partial charge in [-0.15, -0.1) is 0 Å². The summed E-state index contributed by atoms with van der Waals surface area (Å²) in [7, 11) is 0. The van der Waals surface area contributed by atoms with Crippen molar-refractivity contribution < 1.29 is 14.3 Å². The average Bonchev–Trinajstić information content (AvgIpc) is 2.30. The van der Waals surface area contributed by atoms with Gasteiger partial charge in [0.2, 0.25) is 5.91 Å². The molecule has 0 fully saturated rings. The van der Waals surface area contributed by atoms with Crippen LogP contribution in [-0.2, 0) is 20.7 Å². The Morgan fingerprint density at radius 3 is 2.80 bits per heavy atom. The Bertz CT molecular complexity index is 552. The number of amides is 1. The first kappa shape index (κ1) is 15.0. The standard InChI is InChI=1S/C14H17BrN2O3/c1-14(2,3)20-12(19)8-17-11(18)5-4-9-6-10(15)7-16-13(9)17/h6-7H,4-5,8H2,1-3H3. The van der Waals surface area contributed by atoms with Crippen LogP contribution in [0.2, 0.25) is 0 Å². The molecule has 5 nitrogen and oxygen atoms in total. The number of carbonyl (C=O) groups is 2. The Labute approximate surface area is 126 Å². The van der Waals surface area contributed by atoms with Gasteiger partial charge in [0.05, 0.1) is 0 Å². The van der Waals surface area contributed by atoms with Gasteiger partial charge in [0.25, 0.3) is 0 Å². The van der Waals surface area contributed by atoms with Gasteiger partial charge in [-0.3, -0.25) is 14.5 Å². The number of hydrogen-bond donors (Lipinski definition) is 0. The van der Waals surface area contributed by atoms with Crippen LogP contribution >= 0.6 is 15.9 Å². The van der Waals surface area contributed by atoms with Crippen LogP contribution in [0.25, 0.3) is 0 Å². The lowest BCUT2D eigenvalue weighted by Crippen LogP contribution is -2.41. The zero-order chi connectivity index (χ0) is 14.9. The first-order valence-corrected chi connectivity index (χ1v) is 7.22. The lowest BCUT2D eigenvalue weighted by atomic mass is 10.1. The molecule has 6 heteroatoms. The monoisotopic (exact) mass is 340 g/mol. The summed E-state index contributed by atoms with van der Waals surface area (Å²) in [6.07, 6.45) is 2.65. The summed E-state index contributed by atoms with van der Waals surface area (Å²) >= 11 is 3.36. The number of fused-ring (bicyclic) bond motifs is 1. The molecule has 0 saturated heterocycles. The minimum absolute atomic E-state index is 0.0989. The molecule has 1 aliphatic rings. The summed E-state index contributed by atoms with van der Waals surface area (Å²) in [6, 6.07) is 1.93. The maximum atomic E-state index is 12.0. The van der Waals surface area contributed by atoms with Gasteiger partial charge >= 0.3 is 5.97 Å². The van der Waals surface area contributed by atoms with Gasteiger partial charge in [-0.2, -0.15) is 0 Å². The fourth-order valence-corrected chi connectivity index (χ4v) is 2.44. The number of esters is 1. The minimum atomic E-state index is -0.564. The molecule has 0 unspecified atom stereocenters. The Morgan fingerprint density at radius 2 is 2.15 bits per heavy atom. The molecular formula is C14H17BrN2O3. The van der Waals surface area contributed by atoms with Gasteiger partial charge in [-0.1, -0.05) is 0 Å². The first-order chi connectivity index (χ1) is 9.26. The molecule has 0 bridgehead atoms. The molecule has 0 spiro atoms. The fourth-order valence-electron chi connectivity index (χ4n) is 2.06. The van der Waals surface area contributed by atoms with Crippen LogP contribution in [0.1, 0.15) is 32.8 Å². The van der Waals surface area contributed by atoms with E-state index in [-0.39, 0.29) is 12.5 Å². The minimum Gasteiger partial charge on any atom is -0.459 e. The number of pyridine rings is 1. The molecule has 20 heavy (non-hydrogen) atoms. The smallest absolute Gasteiger partial charge is 0.326 e. The van der Waals surface area contributed by atoms with Crippen LogP contribution in [0.15, 0.2) is 16.7 Å². The number of nitrogens with zero attached hydrogens (tertiary/aromatic N) is 2. The second-order valence-corrected chi connectivity index (χ2v) is 6.62. The third kappa shape index (κ3) is 3.56. The molecule has 2 heterocycles. The Hall–Kier alpha value is -1.43. The molecule has 0 aromatic carbocycles. The van der Waals surface area contributed by atoms with Crippen molar-refractivity contribution in [2.24, 2.45) is 0 Å². The molecule has 1 aromatic rings. The van der Waals surface area contributed by atoms with Gasteiger partial charge < -0.3 is 4.74 Å². The van der Waals surface area contributed by atoms with E-state index in [1.54, 1.807) is 27.0 Å². The number of halogens is 1. The fraction of sp³-hybridized carbons (Fsp3) is 0.500. The Morgan fingerprint density at radius 1 is 1.45 bits per heavy atom. The number of aryl methyl sites for hydroxylation is 1. The van der Waals surface area contributed by atoms with E-state index in [9.17, 15) is 9.59 Å². The number of anilines is 1. The highest BCUT2D eigenvalue weighted by molar-refractivity contribution is 9.10. The van der Waals surface area contributed by atoms with Gasteiger partial charge in [-0.05, 0) is 54.8 Å². The molecular weight excluding hydrogens is 324 g/mol. The van der Waals surface area contributed by atoms with Crippen LogP contribution < -0.4 is 4.90 Å². The summed E-state index contributed by atoms with van der Waals surface area (Å²) in [5, 5.41) is 0. The number of hydrogen-bond acceptors (Lipinski definition) is 4. The topological polar surface area (TPSA) is 59.5 Å². The molecule has 1 aliphatic heterocycles. The number of carbonyl (C=O) groups excluding carboxylic acids is 2. The Balaban J connectivity index is 2.20. The van der Waals surface area contributed by atoms with Gasteiger partial charge in [-0.25, -0.2) is 4.98 Å². The lowest BCUT2D eigenvalue weighted by molar-refractivity contribution is -0.153. The average molecular weight is 341 g/mol. The number of aromatic nitrogens is 1. The zero-order valence-corrected chi connectivity index (χ0v) is 13.4. The van der Waals surface area contributed by atoms with Crippen LogP contribution in [-0.4, -0.2) is 29.0 Å². The summed E-state index contributed by atoms with van der Waals surface area (Å²) in [5.74, 6) is 0.0249. The third-order valence-corrected chi connectivity index (χ3v) is 3.22. The summed E-state index contributed by atoms with van der Waals surface area (Å²) < 4.78 is 6.12. The second-order valence-electron chi connectivity index (χ2n) is 5.70. The summed E-state index contributed by atoms with van der Waals surface area (Å²) in [6.45, 7) is 5.29. The number of rotatable bonds is 2. The number of ether oxygens (including phenoxy) is 1. The molecule has 0 radical (unpaired) electrons. The molecule has 1 aromatic heterocycles. The van der Waals surface area contributed by atoms with E-state index < -0.39 is 11.6 Å². The van der Waals surface area contributed by atoms with E-state index >= 15 is 0 Å². The van der Waals surface area contributed by atoms with E-state index in [1.165, 1.54) is 4.90 Å². The van der Waals surface area contributed by atoms with E-state index in [4.69, 9.17) is 4.74 Å². The molecule has 2 rings (SSSR count). The SMILES string of the molecule is CC(C)(C)OC(=O)CN1C(=O)CCc2cc(Br)cnc21. The van der Waals surface area contributed by atoms with Crippen molar-refractivity contribution in [3.63, 3.8) is 0 Å². The van der Waals surface area contributed by atoms with Crippen molar-refractivity contribution in [1.82, 2.24) is 4.98 Å². The zero-order valence-electron chi connectivity index (χ0n) is 11.8. The van der Waals surface area contributed by atoms with Crippen molar-refractivity contribution in [3.8, 4) is 0 Å². The van der Waals surface area contributed by atoms with Crippen molar-refractivity contribution in [2.75, 3.05) is 11.4 Å². The molecule has 0 atom stereocenters. The van der Waals surface area contributed by atoms with E-state index in [1.807, 2.05) is 6.07 Å². The van der Waals surface area contributed by atoms with E-state index in [0.29, 0.717) is 18.7 Å². The third-order valence-electron chi connectivity index (χ3n) is 2.78. The maximum Gasteiger partial charge on any atom is 0.326 e. The highest BCUT2D eigenvalue weighted by Crippen LogP contribution is 2.27. The highest BCUT2D eigenvalue weighted by Gasteiger charge is 2.29. The molecule has 0 N–H and O–H groups in total. The first-order valence-electron chi connectivity index (χ1n) is 6.43. The summed E-state index contributed by atoms with van der Waals surface area (Å²) in [5.41, 5.74) is 0.397. The molecule has 1 amide bonds. The van der Waals surface area contributed by atoms with Crippen molar-refractivity contribution in [3.05, 3.63) is 22.3 Å². The van der Waals surface area contributed by atoms with Crippen molar-refractivity contribution in [2.45, 2.75) is 39.2 Å². The van der Waals surface area contributed by atoms with Gasteiger partial charge in [0, 0.05) is 17.1 Å².